The minimum atomic E-state index is -3.74. The smallest absolute Gasteiger partial charge is 0.496 e. The minimum absolute atomic E-state index is 0.000556. The van der Waals surface area contributed by atoms with E-state index < -0.39 is 12.3 Å². The monoisotopic (exact) mass is 260 g/mol. The molecule has 0 amide bonds. The zero-order valence-electron chi connectivity index (χ0n) is 9.66. The van der Waals surface area contributed by atoms with E-state index in [2.05, 4.69) is 9.47 Å². The van der Waals surface area contributed by atoms with Gasteiger partial charge in [-0.3, -0.25) is 0 Å². The lowest BCUT2D eigenvalue weighted by Gasteiger charge is -2.08. The van der Waals surface area contributed by atoms with Crippen LogP contribution in [0.1, 0.15) is 17.3 Å². The van der Waals surface area contributed by atoms with Crippen LogP contribution in [0.15, 0.2) is 12.1 Å². The van der Waals surface area contributed by atoms with Gasteiger partial charge in [0.25, 0.3) is 0 Å². The second kappa shape index (κ2) is 4.32. The molecule has 0 unspecified atom stereocenters. The van der Waals surface area contributed by atoms with E-state index in [9.17, 15) is 13.6 Å². The van der Waals surface area contributed by atoms with Crippen LogP contribution >= 0.6 is 0 Å². The first-order chi connectivity index (χ1) is 8.46. The average molecular weight is 260 g/mol. The van der Waals surface area contributed by atoms with Crippen LogP contribution in [0.5, 0.6) is 17.2 Å². The summed E-state index contributed by atoms with van der Waals surface area (Å²) in [6, 6.07) is 2.26. The number of carbonyl (C=O) groups excluding carboxylic acids is 1. The third-order valence-electron chi connectivity index (χ3n) is 2.22. The second-order valence-electron chi connectivity index (χ2n) is 3.39. The summed E-state index contributed by atoms with van der Waals surface area (Å²) in [6.45, 7) is 1.79. The van der Waals surface area contributed by atoms with Crippen LogP contribution in [0.3, 0.4) is 0 Å². The molecule has 0 aliphatic carbocycles. The Labute approximate surface area is 101 Å². The molecule has 1 aliphatic rings. The Bertz CT molecular complexity index is 487. The number of rotatable bonds is 3. The molecule has 0 fully saturated rings. The maximum atomic E-state index is 12.9. The molecule has 0 spiro atoms. The van der Waals surface area contributed by atoms with Gasteiger partial charge in [-0.15, -0.1) is 8.78 Å². The highest BCUT2D eigenvalue weighted by Gasteiger charge is 2.44. The molecular weight excluding hydrogens is 250 g/mol. The van der Waals surface area contributed by atoms with Gasteiger partial charge in [0.2, 0.25) is 0 Å². The van der Waals surface area contributed by atoms with E-state index in [0.717, 1.165) is 12.1 Å². The number of methoxy groups -OCH3 is 1. The molecule has 1 heterocycles. The lowest BCUT2D eigenvalue weighted by molar-refractivity contribution is -0.286. The molecule has 1 aromatic carbocycles. The molecule has 0 saturated carbocycles. The summed E-state index contributed by atoms with van der Waals surface area (Å²) < 4.78 is 43.9. The number of ether oxygens (including phenoxy) is 4. The van der Waals surface area contributed by atoms with Crippen molar-refractivity contribution in [1.82, 2.24) is 0 Å². The zero-order valence-corrected chi connectivity index (χ0v) is 9.66. The molecule has 2 rings (SSSR count). The van der Waals surface area contributed by atoms with Crippen molar-refractivity contribution in [3.8, 4) is 17.2 Å². The predicted octanol–water partition coefficient (Wildman–Crippen LogP) is 2.19. The zero-order chi connectivity index (χ0) is 13.3. The van der Waals surface area contributed by atoms with Crippen molar-refractivity contribution in [2.24, 2.45) is 0 Å². The summed E-state index contributed by atoms with van der Waals surface area (Å²) in [5.41, 5.74) is -0.000556. The molecule has 1 aromatic rings. The fraction of sp³-hybridized carbons (Fsp3) is 0.364. The summed E-state index contributed by atoms with van der Waals surface area (Å²) in [7, 11) is 1.30. The summed E-state index contributed by atoms with van der Waals surface area (Å²) in [5.74, 6) is -1.03. The highest BCUT2D eigenvalue weighted by Crippen LogP contribution is 2.44. The molecule has 98 valence electrons. The van der Waals surface area contributed by atoms with Crippen LogP contribution in [0.4, 0.5) is 8.78 Å². The van der Waals surface area contributed by atoms with Gasteiger partial charge in [0.05, 0.1) is 13.7 Å². The quantitative estimate of drug-likeness (QED) is 0.780. The number of hydrogen-bond acceptors (Lipinski definition) is 5. The Morgan fingerprint density at radius 1 is 1.33 bits per heavy atom. The fourth-order valence-electron chi connectivity index (χ4n) is 1.51. The van der Waals surface area contributed by atoms with Crippen LogP contribution in [0, 0.1) is 0 Å². The maximum Gasteiger partial charge on any atom is 0.586 e. The third-order valence-corrected chi connectivity index (χ3v) is 2.22. The lowest BCUT2D eigenvalue weighted by atomic mass is 10.2. The van der Waals surface area contributed by atoms with E-state index >= 15 is 0 Å². The van der Waals surface area contributed by atoms with Crippen molar-refractivity contribution >= 4 is 5.97 Å². The first kappa shape index (κ1) is 12.4. The first-order valence-corrected chi connectivity index (χ1v) is 5.12. The van der Waals surface area contributed by atoms with Gasteiger partial charge in [0.15, 0.2) is 11.5 Å². The van der Waals surface area contributed by atoms with Crippen LogP contribution in [0.25, 0.3) is 0 Å². The summed E-state index contributed by atoms with van der Waals surface area (Å²) in [5, 5.41) is 0. The van der Waals surface area contributed by atoms with E-state index in [4.69, 9.17) is 9.47 Å². The number of carbonyl (C=O) groups is 1. The number of hydrogen-bond donors (Lipinski definition) is 0. The van der Waals surface area contributed by atoms with Gasteiger partial charge in [0.1, 0.15) is 11.3 Å². The first-order valence-electron chi connectivity index (χ1n) is 5.12. The Balaban J connectivity index is 2.41. The van der Waals surface area contributed by atoms with Gasteiger partial charge >= 0.3 is 12.3 Å². The lowest BCUT2D eigenvalue weighted by Crippen LogP contribution is -2.25. The summed E-state index contributed by atoms with van der Waals surface area (Å²) in [4.78, 5) is 11.6. The molecule has 0 atom stereocenters. The van der Waals surface area contributed by atoms with E-state index in [1.54, 1.807) is 6.92 Å². The number of halogens is 2. The Morgan fingerprint density at radius 2 is 1.94 bits per heavy atom. The van der Waals surface area contributed by atoms with Gasteiger partial charge in [-0.25, -0.2) is 4.79 Å². The highest BCUT2D eigenvalue weighted by atomic mass is 19.3. The number of benzene rings is 1. The molecule has 0 radical (unpaired) electrons. The van der Waals surface area contributed by atoms with E-state index in [-0.39, 0.29) is 29.4 Å². The molecule has 1 aliphatic heterocycles. The van der Waals surface area contributed by atoms with Gasteiger partial charge in [-0.2, -0.15) is 0 Å². The Morgan fingerprint density at radius 3 is 2.50 bits per heavy atom. The Hall–Kier alpha value is -2.05. The van der Waals surface area contributed by atoms with E-state index in [0.29, 0.717) is 0 Å². The van der Waals surface area contributed by atoms with E-state index in [1.807, 2.05) is 0 Å². The Kier molecular flexibility index (Phi) is 2.98. The minimum Gasteiger partial charge on any atom is -0.496 e. The van der Waals surface area contributed by atoms with Crippen LogP contribution in [-0.4, -0.2) is 26.0 Å². The van der Waals surface area contributed by atoms with Gasteiger partial charge in [-0.1, -0.05) is 0 Å². The molecule has 0 aromatic heterocycles. The van der Waals surface area contributed by atoms with E-state index in [1.165, 1.54) is 7.11 Å². The number of alkyl halides is 2. The summed E-state index contributed by atoms with van der Waals surface area (Å²) in [6.07, 6.45) is -3.74. The highest BCUT2D eigenvalue weighted by molar-refractivity contribution is 5.93. The second-order valence-corrected chi connectivity index (χ2v) is 3.39. The maximum absolute atomic E-state index is 12.9. The predicted molar refractivity (Wildman–Crippen MR) is 55.2 cm³/mol. The fourth-order valence-corrected chi connectivity index (χ4v) is 1.51. The van der Waals surface area contributed by atoms with Crippen LogP contribution < -0.4 is 14.2 Å². The normalized spacial score (nSPS) is 15.3. The topological polar surface area (TPSA) is 54.0 Å². The van der Waals surface area contributed by atoms with Crippen molar-refractivity contribution < 1.29 is 32.5 Å². The van der Waals surface area contributed by atoms with Gasteiger partial charge in [-0.05, 0) is 6.92 Å². The third kappa shape index (κ3) is 2.15. The molecule has 7 heteroatoms. The number of esters is 1. The summed E-state index contributed by atoms with van der Waals surface area (Å²) >= 11 is 0. The van der Waals surface area contributed by atoms with Crippen LogP contribution in [0.2, 0.25) is 0 Å². The van der Waals surface area contributed by atoms with Crippen LogP contribution in [-0.2, 0) is 4.74 Å². The molecular formula is C11H10F2O5. The standard InChI is InChI=1S/C11H10F2O5/c1-3-16-10(14)6-4-8-9(5-7(6)15-2)18-11(12,13)17-8/h4-5H,3H2,1-2H3. The average Bonchev–Trinajstić information content (AvgIpc) is 2.60. The van der Waals surface area contributed by atoms with Crippen molar-refractivity contribution in [2.45, 2.75) is 13.2 Å². The van der Waals surface area contributed by atoms with Gasteiger partial charge in [0, 0.05) is 12.1 Å². The van der Waals surface area contributed by atoms with Crippen molar-refractivity contribution in [3.05, 3.63) is 17.7 Å². The van der Waals surface area contributed by atoms with Crippen molar-refractivity contribution in [1.29, 1.82) is 0 Å². The molecule has 5 nitrogen and oxygen atoms in total. The SMILES string of the molecule is CCOC(=O)c1cc2c(cc1OC)OC(F)(F)O2. The molecule has 0 saturated heterocycles. The number of fused-ring (bicyclic) bond motifs is 1. The molecule has 18 heavy (non-hydrogen) atoms. The largest absolute Gasteiger partial charge is 0.586 e. The van der Waals surface area contributed by atoms with Gasteiger partial charge < -0.3 is 18.9 Å². The van der Waals surface area contributed by atoms with Crippen molar-refractivity contribution in [3.63, 3.8) is 0 Å². The van der Waals surface area contributed by atoms with Crippen molar-refractivity contribution in [2.75, 3.05) is 13.7 Å². The molecule has 0 N–H and O–H groups in total. The molecule has 0 bridgehead atoms.